The first kappa shape index (κ1) is 17.6. The summed E-state index contributed by atoms with van der Waals surface area (Å²) in [5, 5.41) is 0.618. The summed E-state index contributed by atoms with van der Waals surface area (Å²) in [7, 11) is 1.32. The molecule has 1 aromatic carbocycles. The molecule has 0 unspecified atom stereocenters. The molecular formula is C18H14ClFN4O2. The maximum absolute atomic E-state index is 13.6. The van der Waals surface area contributed by atoms with Gasteiger partial charge in [0.05, 0.1) is 24.7 Å². The summed E-state index contributed by atoms with van der Waals surface area (Å²) in [5.74, 6) is -1.24. The maximum Gasteiger partial charge on any atom is 0.288 e. The molecule has 0 aliphatic rings. The minimum atomic E-state index is -0.644. The normalized spacial score (nSPS) is 10.3. The van der Waals surface area contributed by atoms with E-state index in [4.69, 9.17) is 16.3 Å². The van der Waals surface area contributed by atoms with E-state index in [0.29, 0.717) is 10.7 Å². The van der Waals surface area contributed by atoms with E-state index in [1.807, 2.05) is 12.1 Å². The van der Waals surface area contributed by atoms with E-state index < -0.39 is 11.7 Å². The van der Waals surface area contributed by atoms with Crippen molar-refractivity contribution in [1.82, 2.24) is 15.4 Å². The molecule has 1 amide bonds. The van der Waals surface area contributed by atoms with Gasteiger partial charge < -0.3 is 4.74 Å². The zero-order valence-electron chi connectivity index (χ0n) is 13.7. The lowest BCUT2D eigenvalue weighted by atomic mass is 10.1. The third-order valence-electron chi connectivity index (χ3n) is 3.44. The van der Waals surface area contributed by atoms with Crippen LogP contribution in [0.3, 0.4) is 0 Å². The molecule has 0 bridgehead atoms. The molecule has 3 aromatic rings. The first-order chi connectivity index (χ1) is 12.6. The highest BCUT2D eigenvalue weighted by Crippen LogP contribution is 2.20. The van der Waals surface area contributed by atoms with Crippen molar-refractivity contribution >= 4 is 23.2 Å². The minimum Gasteiger partial charge on any atom is -0.479 e. The molecule has 0 aliphatic carbocycles. The summed E-state index contributed by atoms with van der Waals surface area (Å²) >= 11 is 5.88. The van der Waals surface area contributed by atoms with Gasteiger partial charge in [0.25, 0.3) is 5.91 Å². The smallest absolute Gasteiger partial charge is 0.288 e. The second-order valence-electron chi connectivity index (χ2n) is 5.21. The van der Waals surface area contributed by atoms with E-state index >= 15 is 0 Å². The van der Waals surface area contributed by atoms with Gasteiger partial charge in [-0.05, 0) is 24.3 Å². The van der Waals surface area contributed by atoms with Gasteiger partial charge in [-0.1, -0.05) is 29.8 Å². The molecule has 2 aromatic heterocycles. The Kier molecular flexibility index (Phi) is 5.28. The molecule has 3 rings (SSSR count). The maximum atomic E-state index is 13.6. The number of carbonyl (C=O) groups is 1. The Morgan fingerprint density at radius 3 is 2.65 bits per heavy atom. The van der Waals surface area contributed by atoms with E-state index in [-0.39, 0.29) is 17.3 Å². The number of nitrogens with one attached hydrogen (secondary N) is 2. The predicted molar refractivity (Wildman–Crippen MR) is 96.5 cm³/mol. The standard InChI is InChI=1S/C18H14ClFN4O2/c1-26-18-14(20)9-13(10-21-18)23-24-17(25)16-4-2-3-15(22-16)11-5-7-12(19)8-6-11/h2-10,23H,1H3,(H,24,25). The lowest BCUT2D eigenvalue weighted by Crippen LogP contribution is -2.30. The number of methoxy groups -OCH3 is 1. The van der Waals surface area contributed by atoms with Gasteiger partial charge >= 0.3 is 0 Å². The first-order valence-electron chi connectivity index (χ1n) is 7.55. The summed E-state index contributed by atoms with van der Waals surface area (Å²) in [6, 6.07) is 13.4. The van der Waals surface area contributed by atoms with Crippen LogP contribution in [0, 0.1) is 5.82 Å². The van der Waals surface area contributed by atoms with Crippen LogP contribution in [0.2, 0.25) is 5.02 Å². The predicted octanol–water partition coefficient (Wildman–Crippen LogP) is 3.70. The molecule has 0 saturated carbocycles. The average Bonchev–Trinajstić information content (AvgIpc) is 2.67. The second-order valence-corrected chi connectivity index (χ2v) is 5.65. The molecule has 26 heavy (non-hydrogen) atoms. The number of hydrogen-bond acceptors (Lipinski definition) is 5. The van der Waals surface area contributed by atoms with Crippen LogP contribution in [0.25, 0.3) is 11.3 Å². The Morgan fingerprint density at radius 2 is 1.96 bits per heavy atom. The molecular weight excluding hydrogens is 359 g/mol. The largest absolute Gasteiger partial charge is 0.479 e. The summed E-state index contributed by atoms with van der Waals surface area (Å²) in [6.45, 7) is 0. The number of anilines is 1. The highest BCUT2D eigenvalue weighted by Gasteiger charge is 2.10. The van der Waals surface area contributed by atoms with Crippen LogP contribution < -0.4 is 15.6 Å². The molecule has 8 heteroatoms. The van der Waals surface area contributed by atoms with Gasteiger partial charge in [0.1, 0.15) is 5.69 Å². The van der Waals surface area contributed by atoms with Gasteiger partial charge in [-0.3, -0.25) is 15.6 Å². The van der Waals surface area contributed by atoms with Crippen molar-refractivity contribution in [2.75, 3.05) is 12.5 Å². The Morgan fingerprint density at radius 1 is 1.19 bits per heavy atom. The summed E-state index contributed by atoms with van der Waals surface area (Å²) in [6.07, 6.45) is 1.33. The number of halogens is 2. The van der Waals surface area contributed by atoms with Gasteiger partial charge in [-0.2, -0.15) is 0 Å². The number of nitrogens with zero attached hydrogens (tertiary/aromatic N) is 2. The van der Waals surface area contributed by atoms with Crippen molar-refractivity contribution in [1.29, 1.82) is 0 Å². The number of amides is 1. The Balaban J connectivity index is 1.71. The molecule has 0 saturated heterocycles. The second kappa shape index (κ2) is 7.79. The van der Waals surface area contributed by atoms with Crippen LogP contribution in [-0.4, -0.2) is 23.0 Å². The number of rotatable bonds is 5. The van der Waals surface area contributed by atoms with E-state index in [0.717, 1.165) is 11.6 Å². The van der Waals surface area contributed by atoms with Crippen LogP contribution in [-0.2, 0) is 0 Å². The highest BCUT2D eigenvalue weighted by atomic mass is 35.5. The lowest BCUT2D eigenvalue weighted by molar-refractivity contribution is 0.0958. The van der Waals surface area contributed by atoms with Crippen molar-refractivity contribution in [2.24, 2.45) is 0 Å². The monoisotopic (exact) mass is 372 g/mol. The zero-order valence-corrected chi connectivity index (χ0v) is 14.4. The van der Waals surface area contributed by atoms with E-state index in [2.05, 4.69) is 20.8 Å². The number of carbonyl (C=O) groups excluding carboxylic acids is 1. The van der Waals surface area contributed by atoms with Gasteiger partial charge in [0.15, 0.2) is 5.82 Å². The van der Waals surface area contributed by atoms with Crippen molar-refractivity contribution < 1.29 is 13.9 Å². The number of aromatic nitrogens is 2. The first-order valence-corrected chi connectivity index (χ1v) is 7.93. The SMILES string of the molecule is COc1ncc(NNC(=O)c2cccc(-c3ccc(Cl)cc3)n2)cc1F. The summed E-state index contributed by atoms with van der Waals surface area (Å²) in [4.78, 5) is 20.4. The number of pyridine rings is 2. The molecule has 2 N–H and O–H groups in total. The van der Waals surface area contributed by atoms with Crippen molar-refractivity contribution in [3.05, 3.63) is 71.3 Å². The quantitative estimate of drug-likeness (QED) is 0.668. The van der Waals surface area contributed by atoms with Crippen molar-refractivity contribution in [3.63, 3.8) is 0 Å². The molecule has 0 spiro atoms. The third kappa shape index (κ3) is 4.07. The fraction of sp³-hybridized carbons (Fsp3) is 0.0556. The number of hydrazine groups is 1. The van der Waals surface area contributed by atoms with Crippen LogP contribution >= 0.6 is 11.6 Å². The van der Waals surface area contributed by atoms with Crippen LogP contribution in [0.4, 0.5) is 10.1 Å². The molecule has 6 nitrogen and oxygen atoms in total. The van der Waals surface area contributed by atoms with Crippen molar-refractivity contribution in [2.45, 2.75) is 0 Å². The summed E-state index contributed by atoms with van der Waals surface area (Å²) < 4.78 is 18.3. The van der Waals surface area contributed by atoms with Gasteiger partial charge in [-0.15, -0.1) is 0 Å². The zero-order chi connectivity index (χ0) is 18.5. The van der Waals surface area contributed by atoms with Crippen LogP contribution in [0.15, 0.2) is 54.7 Å². The van der Waals surface area contributed by atoms with E-state index in [1.54, 1.807) is 30.3 Å². The fourth-order valence-corrected chi connectivity index (χ4v) is 2.31. The summed E-state index contributed by atoms with van der Waals surface area (Å²) in [5.41, 5.74) is 6.97. The Labute approximate surface area is 154 Å². The fourth-order valence-electron chi connectivity index (χ4n) is 2.18. The number of benzene rings is 1. The Hall–Kier alpha value is -3.19. The number of ether oxygens (including phenoxy) is 1. The van der Waals surface area contributed by atoms with Crippen LogP contribution in [0.1, 0.15) is 10.5 Å². The minimum absolute atomic E-state index is 0.126. The molecule has 0 fully saturated rings. The van der Waals surface area contributed by atoms with Gasteiger partial charge in [0.2, 0.25) is 5.88 Å². The van der Waals surface area contributed by atoms with E-state index in [9.17, 15) is 9.18 Å². The molecule has 132 valence electrons. The number of hydrogen-bond donors (Lipinski definition) is 2. The molecule has 0 radical (unpaired) electrons. The van der Waals surface area contributed by atoms with Crippen molar-refractivity contribution in [3.8, 4) is 17.1 Å². The Bertz CT molecular complexity index is 935. The van der Waals surface area contributed by atoms with Gasteiger partial charge in [-0.25, -0.2) is 14.4 Å². The van der Waals surface area contributed by atoms with Crippen LogP contribution in [0.5, 0.6) is 5.88 Å². The third-order valence-corrected chi connectivity index (χ3v) is 3.69. The average molecular weight is 373 g/mol. The molecule has 2 heterocycles. The van der Waals surface area contributed by atoms with Gasteiger partial charge in [0, 0.05) is 16.7 Å². The highest BCUT2D eigenvalue weighted by molar-refractivity contribution is 6.30. The lowest BCUT2D eigenvalue weighted by Gasteiger charge is -2.09. The topological polar surface area (TPSA) is 76.1 Å². The molecule has 0 aliphatic heterocycles. The van der Waals surface area contributed by atoms with E-state index in [1.165, 1.54) is 13.3 Å². The molecule has 0 atom stereocenters.